The van der Waals surface area contributed by atoms with Crippen molar-refractivity contribution in [3.05, 3.63) is 0 Å². The van der Waals surface area contributed by atoms with Crippen LogP contribution in [0.1, 0.15) is 74.7 Å². The van der Waals surface area contributed by atoms with Crippen molar-refractivity contribution in [3.8, 4) is 0 Å². The molecule has 0 bridgehead atoms. The van der Waals surface area contributed by atoms with Gasteiger partial charge >= 0.3 is 0 Å². The number of aliphatic hydroxyl groups is 3. The summed E-state index contributed by atoms with van der Waals surface area (Å²) >= 11 is 0. The summed E-state index contributed by atoms with van der Waals surface area (Å²) < 4.78 is 17.8. The summed E-state index contributed by atoms with van der Waals surface area (Å²) in [4.78, 5) is 0. The molecule has 0 aromatic carbocycles. The van der Waals surface area contributed by atoms with E-state index < -0.39 is 23.9 Å². The molecule has 5 atom stereocenters. The Balaban J connectivity index is 5.26. The Bertz CT molecular complexity index is 396. The molecule has 0 saturated heterocycles. The molecule has 0 aromatic heterocycles. The monoisotopic (exact) mass is 392 g/mol. The lowest BCUT2D eigenvalue weighted by molar-refractivity contribution is -0.170. The Labute approximate surface area is 166 Å². The van der Waals surface area contributed by atoms with Crippen LogP contribution in [0, 0.1) is 5.41 Å². The van der Waals surface area contributed by atoms with Crippen LogP contribution < -0.4 is 0 Å². The largest absolute Gasteiger partial charge is 0.391 e. The third-order valence-corrected chi connectivity index (χ3v) is 5.37. The normalized spacial score (nSPS) is 20.6. The van der Waals surface area contributed by atoms with E-state index in [2.05, 4.69) is 20.8 Å². The molecule has 5 unspecified atom stereocenters. The molecule has 0 aliphatic rings. The van der Waals surface area contributed by atoms with E-state index in [0.717, 1.165) is 19.3 Å². The molecule has 0 aliphatic carbocycles. The Morgan fingerprint density at radius 2 is 1.22 bits per heavy atom. The minimum absolute atomic E-state index is 0.262. The van der Waals surface area contributed by atoms with Crippen LogP contribution >= 0.6 is 0 Å². The van der Waals surface area contributed by atoms with Gasteiger partial charge in [0.2, 0.25) is 0 Å². The summed E-state index contributed by atoms with van der Waals surface area (Å²) in [5, 5.41) is 28.7. The van der Waals surface area contributed by atoms with Crippen molar-refractivity contribution < 1.29 is 29.5 Å². The van der Waals surface area contributed by atoms with E-state index in [-0.39, 0.29) is 24.2 Å². The molecule has 3 N–H and O–H groups in total. The molecular weight excluding hydrogens is 348 g/mol. The molecule has 0 spiro atoms. The van der Waals surface area contributed by atoms with Gasteiger partial charge in [-0.3, -0.25) is 0 Å². The van der Waals surface area contributed by atoms with Crippen molar-refractivity contribution in [3.63, 3.8) is 0 Å². The highest BCUT2D eigenvalue weighted by Gasteiger charge is 2.45. The van der Waals surface area contributed by atoms with Crippen molar-refractivity contribution in [2.45, 2.75) is 104 Å². The quantitative estimate of drug-likeness (QED) is 0.397. The van der Waals surface area contributed by atoms with E-state index in [1.54, 1.807) is 20.8 Å². The number of hydrogen-bond donors (Lipinski definition) is 3. The van der Waals surface area contributed by atoms with Gasteiger partial charge in [-0.05, 0) is 60.8 Å². The van der Waals surface area contributed by atoms with Gasteiger partial charge in [-0.2, -0.15) is 0 Å². The maximum absolute atomic E-state index is 9.67. The standard InChI is InChI=1S/C21H44O6/c1-9-21(8,27-14-18(4)24)20(7,15-25-12-16(2)22)11-10-19(5,6)26-13-17(3)23/h16-18,22-24H,9-15H2,1-8H3. The molecule has 0 aromatic rings. The predicted octanol–water partition coefficient (Wildman–Crippen LogP) is 2.91. The maximum Gasteiger partial charge on any atom is 0.0745 e. The highest BCUT2D eigenvalue weighted by atomic mass is 16.5. The summed E-state index contributed by atoms with van der Waals surface area (Å²) in [5.74, 6) is 0. The lowest BCUT2D eigenvalue weighted by Gasteiger charge is -2.47. The van der Waals surface area contributed by atoms with Gasteiger partial charge in [0.15, 0.2) is 0 Å². The number of rotatable bonds is 15. The second kappa shape index (κ2) is 11.7. The molecule has 27 heavy (non-hydrogen) atoms. The van der Waals surface area contributed by atoms with Gasteiger partial charge < -0.3 is 29.5 Å². The molecule has 0 heterocycles. The molecule has 6 nitrogen and oxygen atoms in total. The second-order valence-corrected chi connectivity index (χ2v) is 9.09. The van der Waals surface area contributed by atoms with Crippen LogP contribution in [0.3, 0.4) is 0 Å². The zero-order valence-corrected chi connectivity index (χ0v) is 18.7. The summed E-state index contributed by atoms with van der Waals surface area (Å²) in [7, 11) is 0. The first-order chi connectivity index (χ1) is 12.3. The lowest BCUT2D eigenvalue weighted by atomic mass is 9.69. The third-order valence-electron chi connectivity index (χ3n) is 5.37. The second-order valence-electron chi connectivity index (χ2n) is 9.09. The molecular formula is C21H44O6. The van der Waals surface area contributed by atoms with Crippen molar-refractivity contribution in [1.29, 1.82) is 0 Å². The Morgan fingerprint density at radius 3 is 1.67 bits per heavy atom. The molecule has 164 valence electrons. The first-order valence-corrected chi connectivity index (χ1v) is 10.2. The summed E-state index contributed by atoms with van der Waals surface area (Å²) in [6.45, 7) is 16.7. The van der Waals surface area contributed by atoms with E-state index in [0.29, 0.717) is 13.2 Å². The van der Waals surface area contributed by atoms with Crippen LogP contribution in [0.4, 0.5) is 0 Å². The molecule has 0 saturated carbocycles. The van der Waals surface area contributed by atoms with Crippen LogP contribution in [0.25, 0.3) is 0 Å². The molecule has 0 radical (unpaired) electrons. The fourth-order valence-electron chi connectivity index (χ4n) is 2.95. The fraction of sp³-hybridized carbons (Fsp3) is 1.00. The van der Waals surface area contributed by atoms with Gasteiger partial charge in [-0.25, -0.2) is 0 Å². The van der Waals surface area contributed by atoms with E-state index in [9.17, 15) is 15.3 Å². The summed E-state index contributed by atoms with van der Waals surface area (Å²) in [6, 6.07) is 0. The third kappa shape index (κ3) is 10.2. The van der Waals surface area contributed by atoms with Crippen molar-refractivity contribution in [2.24, 2.45) is 5.41 Å². The van der Waals surface area contributed by atoms with E-state index in [1.165, 1.54) is 0 Å². The highest BCUT2D eigenvalue weighted by Crippen LogP contribution is 2.43. The maximum atomic E-state index is 9.67. The minimum atomic E-state index is -0.538. The Kier molecular flexibility index (Phi) is 11.6. The van der Waals surface area contributed by atoms with E-state index in [1.807, 2.05) is 13.8 Å². The van der Waals surface area contributed by atoms with E-state index in [4.69, 9.17) is 14.2 Å². The van der Waals surface area contributed by atoms with Gasteiger partial charge in [0.25, 0.3) is 0 Å². The first-order valence-electron chi connectivity index (χ1n) is 10.2. The number of aliphatic hydroxyl groups excluding tert-OH is 3. The Hall–Kier alpha value is -0.240. The van der Waals surface area contributed by atoms with Crippen LogP contribution in [0.2, 0.25) is 0 Å². The average molecular weight is 393 g/mol. The van der Waals surface area contributed by atoms with Crippen LogP contribution in [-0.4, -0.2) is 71.3 Å². The molecule has 0 rings (SSSR count). The van der Waals surface area contributed by atoms with Gasteiger partial charge in [0.05, 0.1) is 55.9 Å². The van der Waals surface area contributed by atoms with Gasteiger partial charge in [0, 0.05) is 5.41 Å². The molecule has 0 amide bonds. The predicted molar refractivity (Wildman–Crippen MR) is 108 cm³/mol. The summed E-state index contributed by atoms with van der Waals surface area (Å²) in [6.07, 6.45) is 0.755. The van der Waals surface area contributed by atoms with Crippen LogP contribution in [-0.2, 0) is 14.2 Å². The zero-order chi connectivity index (χ0) is 21.3. The lowest BCUT2D eigenvalue weighted by Crippen LogP contribution is -2.50. The van der Waals surface area contributed by atoms with Crippen molar-refractivity contribution in [2.75, 3.05) is 26.4 Å². The van der Waals surface area contributed by atoms with Gasteiger partial charge in [-0.15, -0.1) is 0 Å². The van der Waals surface area contributed by atoms with Crippen molar-refractivity contribution in [1.82, 2.24) is 0 Å². The topological polar surface area (TPSA) is 88.4 Å². The molecule has 0 aliphatic heterocycles. The zero-order valence-electron chi connectivity index (χ0n) is 18.7. The molecule has 6 heteroatoms. The van der Waals surface area contributed by atoms with Crippen LogP contribution in [0.15, 0.2) is 0 Å². The van der Waals surface area contributed by atoms with E-state index >= 15 is 0 Å². The van der Waals surface area contributed by atoms with Gasteiger partial charge in [0.1, 0.15) is 0 Å². The SMILES string of the molecule is CCC(C)(OCC(C)O)C(C)(CCC(C)(C)OCC(C)O)COCC(C)O. The highest BCUT2D eigenvalue weighted by molar-refractivity contribution is 4.95. The summed E-state index contributed by atoms with van der Waals surface area (Å²) in [5.41, 5.74) is -1.22. The van der Waals surface area contributed by atoms with Crippen LogP contribution in [0.5, 0.6) is 0 Å². The Morgan fingerprint density at radius 1 is 0.741 bits per heavy atom. The average Bonchev–Trinajstić information content (AvgIpc) is 2.56. The van der Waals surface area contributed by atoms with Gasteiger partial charge in [-0.1, -0.05) is 13.8 Å². The first kappa shape index (κ1) is 26.8. The van der Waals surface area contributed by atoms with Crippen molar-refractivity contribution >= 4 is 0 Å². The fourth-order valence-corrected chi connectivity index (χ4v) is 2.95. The number of ether oxygens (including phenoxy) is 3. The smallest absolute Gasteiger partial charge is 0.0745 e. The molecule has 0 fully saturated rings. The number of hydrogen-bond acceptors (Lipinski definition) is 6. The minimum Gasteiger partial charge on any atom is -0.391 e.